The molecule has 0 aliphatic carbocycles. The van der Waals surface area contributed by atoms with Crippen LogP contribution in [-0.2, 0) is 4.79 Å². The molecule has 0 saturated carbocycles. The first-order valence-electron chi connectivity index (χ1n) is 9.71. The molecule has 28 heavy (non-hydrogen) atoms. The highest BCUT2D eigenvalue weighted by atomic mass is 16.2. The first-order chi connectivity index (χ1) is 13.5. The Kier molecular flexibility index (Phi) is 6.23. The summed E-state index contributed by atoms with van der Waals surface area (Å²) in [4.78, 5) is 37.8. The zero-order valence-corrected chi connectivity index (χ0v) is 16.7. The van der Waals surface area contributed by atoms with Gasteiger partial charge in [-0.2, -0.15) is 0 Å². The second-order valence-corrected chi connectivity index (χ2v) is 7.04. The van der Waals surface area contributed by atoms with Gasteiger partial charge in [-0.3, -0.25) is 9.59 Å². The number of benzene rings is 1. The maximum absolute atomic E-state index is 13.2. The molecule has 0 radical (unpaired) electrons. The first-order valence-corrected chi connectivity index (χ1v) is 9.71. The van der Waals surface area contributed by atoms with Gasteiger partial charge < -0.3 is 15.1 Å². The summed E-state index contributed by atoms with van der Waals surface area (Å²) < 4.78 is 0. The van der Waals surface area contributed by atoms with Crippen LogP contribution in [0.2, 0.25) is 0 Å². The van der Waals surface area contributed by atoms with Gasteiger partial charge in [-0.05, 0) is 24.1 Å². The molecule has 7 nitrogen and oxygen atoms in total. The van der Waals surface area contributed by atoms with Crippen molar-refractivity contribution in [3.63, 3.8) is 0 Å². The highest BCUT2D eigenvalue weighted by Crippen LogP contribution is 2.23. The molecule has 2 aromatic rings. The fourth-order valence-corrected chi connectivity index (χ4v) is 3.44. The molecule has 1 aromatic heterocycles. The minimum absolute atomic E-state index is 0.0280. The molecule has 1 N–H and O–H groups in total. The van der Waals surface area contributed by atoms with E-state index in [0.29, 0.717) is 31.0 Å². The molecule has 2 heterocycles. The Morgan fingerprint density at radius 2 is 1.96 bits per heavy atom. The zero-order valence-electron chi connectivity index (χ0n) is 16.7. The lowest BCUT2D eigenvalue weighted by molar-refractivity contribution is -0.138. The molecule has 1 unspecified atom stereocenters. The van der Waals surface area contributed by atoms with Gasteiger partial charge in [0, 0.05) is 50.7 Å². The molecule has 148 valence electrons. The Morgan fingerprint density at radius 1 is 1.21 bits per heavy atom. The predicted molar refractivity (Wildman–Crippen MR) is 109 cm³/mol. The van der Waals surface area contributed by atoms with Crippen LogP contribution in [0.1, 0.15) is 36.5 Å². The smallest absolute Gasteiger partial charge is 0.254 e. The zero-order chi connectivity index (χ0) is 20.1. The summed E-state index contributed by atoms with van der Waals surface area (Å²) in [6.45, 7) is 3.21. The molecular formula is C21H27N5O2. The van der Waals surface area contributed by atoms with E-state index >= 15 is 0 Å². The van der Waals surface area contributed by atoms with E-state index in [2.05, 4.69) is 22.2 Å². The quantitative estimate of drug-likeness (QED) is 0.832. The number of likely N-dealkylation sites (N-methyl/N-ethyl adjacent to an activating group) is 1. The molecule has 1 aliphatic rings. The highest BCUT2D eigenvalue weighted by Gasteiger charge is 2.35. The van der Waals surface area contributed by atoms with Gasteiger partial charge in [0.05, 0.1) is 0 Å². The number of nitrogens with zero attached hydrogens (tertiary/aromatic N) is 4. The Balaban J connectivity index is 1.85. The second-order valence-electron chi connectivity index (χ2n) is 7.04. The summed E-state index contributed by atoms with van der Waals surface area (Å²) in [6, 6.07) is 7.05. The van der Waals surface area contributed by atoms with Crippen LogP contribution in [0, 0.1) is 0 Å². The van der Waals surface area contributed by atoms with Crippen LogP contribution < -0.4 is 5.32 Å². The number of hydrogen-bond donors (Lipinski definition) is 1. The molecule has 1 aliphatic heterocycles. The van der Waals surface area contributed by atoms with E-state index in [-0.39, 0.29) is 17.9 Å². The number of hydrogen-bond acceptors (Lipinski definition) is 5. The number of anilines is 1. The third kappa shape index (κ3) is 4.13. The number of amides is 2. The third-order valence-electron chi connectivity index (χ3n) is 5.12. The van der Waals surface area contributed by atoms with Crippen LogP contribution in [0.25, 0.3) is 11.1 Å². The van der Waals surface area contributed by atoms with Crippen molar-refractivity contribution in [3.05, 3.63) is 42.2 Å². The predicted octanol–water partition coefficient (Wildman–Crippen LogP) is 2.66. The van der Waals surface area contributed by atoms with Gasteiger partial charge >= 0.3 is 0 Å². The normalized spacial score (nSPS) is 17.0. The van der Waals surface area contributed by atoms with Crippen molar-refractivity contribution in [3.8, 4) is 11.1 Å². The van der Waals surface area contributed by atoms with Gasteiger partial charge in [0.15, 0.2) is 0 Å². The molecule has 0 bridgehead atoms. The number of rotatable bonds is 6. The van der Waals surface area contributed by atoms with Gasteiger partial charge in [-0.25, -0.2) is 9.97 Å². The van der Waals surface area contributed by atoms with Gasteiger partial charge in [-0.1, -0.05) is 31.9 Å². The van der Waals surface area contributed by atoms with E-state index in [0.717, 1.165) is 24.0 Å². The molecular weight excluding hydrogens is 354 g/mol. The summed E-state index contributed by atoms with van der Waals surface area (Å²) in [7, 11) is 3.57. The van der Waals surface area contributed by atoms with Crippen molar-refractivity contribution in [2.24, 2.45) is 0 Å². The van der Waals surface area contributed by atoms with Crippen LogP contribution >= 0.6 is 0 Å². The van der Waals surface area contributed by atoms with Crippen LogP contribution in [0.3, 0.4) is 0 Å². The summed E-state index contributed by atoms with van der Waals surface area (Å²) in [5.41, 5.74) is 2.29. The van der Waals surface area contributed by atoms with Gasteiger partial charge in [0.25, 0.3) is 5.91 Å². The van der Waals surface area contributed by atoms with Crippen molar-refractivity contribution in [2.75, 3.05) is 32.5 Å². The number of carbonyl (C=O) groups excluding carboxylic acids is 2. The van der Waals surface area contributed by atoms with E-state index in [1.54, 1.807) is 42.4 Å². The minimum Gasteiger partial charge on any atom is -0.357 e. The second kappa shape index (κ2) is 8.82. The molecule has 1 atom stereocenters. The molecule has 3 rings (SSSR count). The first kappa shape index (κ1) is 19.8. The van der Waals surface area contributed by atoms with E-state index in [1.165, 1.54) is 0 Å². The fourth-order valence-electron chi connectivity index (χ4n) is 3.44. The van der Waals surface area contributed by atoms with Crippen LogP contribution in [-0.4, -0.2) is 64.8 Å². The molecule has 1 saturated heterocycles. The lowest BCUT2D eigenvalue weighted by Gasteiger charge is -2.39. The highest BCUT2D eigenvalue weighted by molar-refractivity contribution is 5.99. The number of aromatic nitrogens is 2. The maximum atomic E-state index is 13.2. The molecule has 0 spiro atoms. The van der Waals surface area contributed by atoms with Crippen molar-refractivity contribution >= 4 is 17.8 Å². The third-order valence-corrected chi connectivity index (χ3v) is 5.12. The summed E-state index contributed by atoms with van der Waals surface area (Å²) in [5, 5.41) is 2.89. The Hall–Kier alpha value is -2.96. The van der Waals surface area contributed by atoms with Crippen LogP contribution in [0.4, 0.5) is 5.95 Å². The van der Waals surface area contributed by atoms with Crippen LogP contribution in [0.5, 0.6) is 0 Å². The van der Waals surface area contributed by atoms with Crippen molar-refractivity contribution in [1.29, 1.82) is 0 Å². The van der Waals surface area contributed by atoms with Gasteiger partial charge in [0.1, 0.15) is 6.04 Å². The summed E-state index contributed by atoms with van der Waals surface area (Å²) >= 11 is 0. The average Bonchev–Trinajstić information content (AvgIpc) is 2.74. The topological polar surface area (TPSA) is 78.4 Å². The Morgan fingerprint density at radius 3 is 2.64 bits per heavy atom. The number of nitrogens with one attached hydrogen (secondary N) is 1. The Labute approximate surface area is 165 Å². The lowest BCUT2D eigenvalue weighted by atomic mass is 10.0. The number of carbonyl (C=O) groups is 2. The van der Waals surface area contributed by atoms with Crippen LogP contribution in [0.15, 0.2) is 36.7 Å². The molecule has 7 heteroatoms. The summed E-state index contributed by atoms with van der Waals surface area (Å²) in [5.74, 6) is 0.475. The SMILES string of the molecule is CCCCC1C(=O)N(C)CCN1C(=O)c1cccc(-c2cnc(NC)nc2)c1. The van der Waals surface area contributed by atoms with Crippen molar-refractivity contribution in [1.82, 2.24) is 19.8 Å². The van der Waals surface area contributed by atoms with Gasteiger partial charge in [0.2, 0.25) is 11.9 Å². The summed E-state index contributed by atoms with van der Waals surface area (Å²) in [6.07, 6.45) is 6.07. The lowest BCUT2D eigenvalue weighted by Crippen LogP contribution is -2.57. The molecule has 2 amide bonds. The van der Waals surface area contributed by atoms with E-state index < -0.39 is 0 Å². The van der Waals surface area contributed by atoms with E-state index in [1.807, 2.05) is 18.2 Å². The Bertz CT molecular complexity index is 837. The largest absolute Gasteiger partial charge is 0.357 e. The molecule has 1 aromatic carbocycles. The maximum Gasteiger partial charge on any atom is 0.254 e. The van der Waals surface area contributed by atoms with E-state index in [4.69, 9.17) is 0 Å². The van der Waals surface area contributed by atoms with Crippen molar-refractivity contribution in [2.45, 2.75) is 32.2 Å². The minimum atomic E-state index is -0.381. The number of piperazine rings is 1. The standard InChI is InChI=1S/C21H27N5O2/c1-4-5-9-18-20(28)25(3)10-11-26(18)19(27)16-8-6-7-15(12-16)17-13-23-21(22-2)24-14-17/h6-8,12-14,18H,4-5,9-11H2,1-3H3,(H,22,23,24). The average molecular weight is 381 g/mol. The monoisotopic (exact) mass is 381 g/mol. The fraction of sp³-hybridized carbons (Fsp3) is 0.429. The van der Waals surface area contributed by atoms with E-state index in [9.17, 15) is 9.59 Å². The van der Waals surface area contributed by atoms with Crippen molar-refractivity contribution < 1.29 is 9.59 Å². The van der Waals surface area contributed by atoms with Gasteiger partial charge in [-0.15, -0.1) is 0 Å². The molecule has 1 fully saturated rings. The number of unbranched alkanes of at least 4 members (excludes halogenated alkanes) is 1.